The molecular formula is C46H28. The number of rotatable bonds is 4. The van der Waals surface area contributed by atoms with Gasteiger partial charge in [0.05, 0.1) is 0 Å². The first-order chi connectivity index (χ1) is 22.9. The Bertz CT molecular complexity index is 2690. The molecule has 0 radical (unpaired) electrons. The smallest absolute Gasteiger partial charge is 0.000674 e. The van der Waals surface area contributed by atoms with Crippen LogP contribution in [0.15, 0.2) is 170 Å². The fourth-order valence-corrected chi connectivity index (χ4v) is 8.19. The Balaban J connectivity index is 1.56. The van der Waals surface area contributed by atoms with E-state index in [0.29, 0.717) is 0 Å². The molecule has 0 aliphatic carbocycles. The van der Waals surface area contributed by atoms with Gasteiger partial charge in [-0.15, -0.1) is 0 Å². The summed E-state index contributed by atoms with van der Waals surface area (Å²) in [5.74, 6) is 0. The van der Waals surface area contributed by atoms with Crippen LogP contribution in [-0.2, 0) is 0 Å². The summed E-state index contributed by atoms with van der Waals surface area (Å²) >= 11 is 0. The highest BCUT2D eigenvalue weighted by atomic mass is 14.3. The molecule has 0 nitrogen and oxygen atoms in total. The first kappa shape index (κ1) is 25.4. The van der Waals surface area contributed by atoms with Crippen LogP contribution in [0.1, 0.15) is 0 Å². The van der Waals surface area contributed by atoms with Crippen LogP contribution >= 0.6 is 0 Å². The van der Waals surface area contributed by atoms with Gasteiger partial charge in [0.2, 0.25) is 0 Å². The Morgan fingerprint density at radius 2 is 0.609 bits per heavy atom. The summed E-state index contributed by atoms with van der Waals surface area (Å²) in [5.41, 5.74) is 10.3. The average Bonchev–Trinajstić information content (AvgIpc) is 3.68. The average molecular weight is 581 g/mol. The van der Waals surface area contributed by atoms with E-state index < -0.39 is 0 Å². The molecule has 0 aliphatic rings. The largest absolute Gasteiger partial charge is 0.0622 e. The lowest BCUT2D eigenvalue weighted by molar-refractivity contribution is 1.65. The fraction of sp³-hybridized carbons (Fsp3) is 0. The van der Waals surface area contributed by atoms with Gasteiger partial charge in [-0.25, -0.2) is 0 Å². The van der Waals surface area contributed by atoms with E-state index in [1.54, 1.807) is 0 Å². The standard InChI is InChI=1S/C46H28/c1-5-16-29(17-6-1)38-35-26-15-27-36-42(35)45(39(38)30-18-7-2-8-19-30)37-28-33-24-13-14-25-34(33)43-40(31-20-9-3-10-21-31)41(44(36)46(37)43)32-22-11-4-12-23-32/h1-28H. The molecule has 0 saturated heterocycles. The van der Waals surface area contributed by atoms with E-state index >= 15 is 0 Å². The first-order valence-corrected chi connectivity index (χ1v) is 16.0. The number of hydrogen-bond donors (Lipinski definition) is 0. The molecule has 0 heterocycles. The summed E-state index contributed by atoms with van der Waals surface area (Å²) in [4.78, 5) is 0. The lowest BCUT2D eigenvalue weighted by atomic mass is 9.90. The highest BCUT2D eigenvalue weighted by Gasteiger charge is 2.29. The topological polar surface area (TPSA) is 0 Å². The molecule has 0 heteroatoms. The maximum Gasteiger partial charge on any atom is -0.000674 e. The van der Waals surface area contributed by atoms with Crippen molar-refractivity contribution in [3.05, 3.63) is 170 Å². The summed E-state index contributed by atoms with van der Waals surface area (Å²) in [6.45, 7) is 0. The fourth-order valence-electron chi connectivity index (χ4n) is 8.19. The SMILES string of the molecule is c1ccc(-c2c(-c3ccccc3)c3c4cc5ccccc5c5c(-c6ccccc6)c(-c6ccccc6)c(c6cccc2c63)c45)cc1. The quantitative estimate of drug-likeness (QED) is 0.182. The Morgan fingerprint density at radius 1 is 0.217 bits per heavy atom. The molecule has 46 heavy (non-hydrogen) atoms. The third-order valence-electron chi connectivity index (χ3n) is 9.92. The zero-order valence-electron chi connectivity index (χ0n) is 25.2. The lowest BCUT2D eigenvalue weighted by Gasteiger charge is -2.12. The van der Waals surface area contributed by atoms with E-state index in [1.165, 1.54) is 98.4 Å². The summed E-state index contributed by atoms with van der Waals surface area (Å²) in [6, 6.07) is 62.4. The highest BCUT2D eigenvalue weighted by Crippen LogP contribution is 2.57. The van der Waals surface area contributed by atoms with Crippen molar-refractivity contribution >= 4 is 53.9 Å². The molecule has 10 aromatic carbocycles. The molecule has 0 N–H and O–H groups in total. The summed E-state index contributed by atoms with van der Waals surface area (Å²) in [5, 5.41) is 13.3. The van der Waals surface area contributed by atoms with Gasteiger partial charge in [0.1, 0.15) is 0 Å². The van der Waals surface area contributed by atoms with E-state index in [1.807, 2.05) is 0 Å². The van der Waals surface area contributed by atoms with Gasteiger partial charge in [-0.3, -0.25) is 0 Å². The van der Waals surface area contributed by atoms with Crippen molar-refractivity contribution < 1.29 is 0 Å². The molecule has 0 aliphatic heterocycles. The van der Waals surface area contributed by atoms with Crippen molar-refractivity contribution in [1.29, 1.82) is 0 Å². The minimum Gasteiger partial charge on any atom is -0.0622 e. The molecule has 0 saturated carbocycles. The third kappa shape index (κ3) is 3.44. The van der Waals surface area contributed by atoms with Crippen LogP contribution in [0.4, 0.5) is 0 Å². The van der Waals surface area contributed by atoms with Gasteiger partial charge in [0.25, 0.3) is 0 Å². The predicted octanol–water partition coefficient (Wildman–Crippen LogP) is 13.0. The number of fused-ring (bicyclic) bond motifs is 4. The Morgan fingerprint density at radius 3 is 1.17 bits per heavy atom. The van der Waals surface area contributed by atoms with E-state index in [9.17, 15) is 0 Å². The number of benzene rings is 8. The maximum absolute atomic E-state index is 2.47. The van der Waals surface area contributed by atoms with Crippen LogP contribution in [0.2, 0.25) is 0 Å². The van der Waals surface area contributed by atoms with Gasteiger partial charge >= 0.3 is 0 Å². The van der Waals surface area contributed by atoms with Crippen LogP contribution in [0.25, 0.3) is 98.4 Å². The molecular weight excluding hydrogens is 553 g/mol. The van der Waals surface area contributed by atoms with Gasteiger partial charge in [0.15, 0.2) is 0 Å². The predicted molar refractivity (Wildman–Crippen MR) is 198 cm³/mol. The third-order valence-corrected chi connectivity index (χ3v) is 9.92. The number of hydrogen-bond acceptors (Lipinski definition) is 0. The van der Waals surface area contributed by atoms with Crippen LogP contribution in [0.5, 0.6) is 0 Å². The van der Waals surface area contributed by atoms with Crippen molar-refractivity contribution in [2.75, 3.05) is 0 Å². The van der Waals surface area contributed by atoms with Gasteiger partial charge in [-0.05, 0) is 104 Å². The van der Waals surface area contributed by atoms with Crippen LogP contribution in [0.3, 0.4) is 0 Å². The minimum atomic E-state index is 1.25. The van der Waals surface area contributed by atoms with E-state index in [-0.39, 0.29) is 0 Å². The van der Waals surface area contributed by atoms with Crippen molar-refractivity contribution in [3.63, 3.8) is 0 Å². The second-order valence-corrected chi connectivity index (χ2v) is 12.3. The van der Waals surface area contributed by atoms with Gasteiger partial charge in [0, 0.05) is 0 Å². The molecule has 0 fully saturated rings. The zero-order chi connectivity index (χ0) is 30.2. The van der Waals surface area contributed by atoms with E-state index in [4.69, 9.17) is 0 Å². The van der Waals surface area contributed by atoms with Gasteiger partial charge in [-0.1, -0.05) is 164 Å². The molecule has 0 bridgehead atoms. The monoisotopic (exact) mass is 580 g/mol. The van der Waals surface area contributed by atoms with Gasteiger partial charge < -0.3 is 0 Å². The summed E-state index contributed by atoms with van der Waals surface area (Å²) < 4.78 is 0. The molecule has 0 amide bonds. The Labute approximate surface area is 267 Å². The summed E-state index contributed by atoms with van der Waals surface area (Å²) in [6.07, 6.45) is 0. The van der Waals surface area contributed by atoms with Gasteiger partial charge in [-0.2, -0.15) is 0 Å². The molecule has 10 aromatic rings. The van der Waals surface area contributed by atoms with E-state index in [2.05, 4.69) is 170 Å². The van der Waals surface area contributed by atoms with Crippen LogP contribution < -0.4 is 0 Å². The molecule has 212 valence electrons. The van der Waals surface area contributed by atoms with E-state index in [0.717, 1.165) is 0 Å². The maximum atomic E-state index is 2.47. The second kappa shape index (κ2) is 9.76. The van der Waals surface area contributed by atoms with Crippen LogP contribution in [0, 0.1) is 0 Å². The molecule has 10 rings (SSSR count). The van der Waals surface area contributed by atoms with Crippen molar-refractivity contribution in [3.8, 4) is 44.5 Å². The Kier molecular flexibility index (Phi) is 5.38. The summed E-state index contributed by atoms with van der Waals surface area (Å²) in [7, 11) is 0. The minimum absolute atomic E-state index is 1.25. The van der Waals surface area contributed by atoms with Crippen molar-refractivity contribution in [1.82, 2.24) is 0 Å². The molecule has 0 spiro atoms. The van der Waals surface area contributed by atoms with Crippen LogP contribution in [-0.4, -0.2) is 0 Å². The molecule has 0 unspecified atom stereocenters. The molecule has 0 aromatic heterocycles. The van der Waals surface area contributed by atoms with Crippen molar-refractivity contribution in [2.45, 2.75) is 0 Å². The lowest BCUT2D eigenvalue weighted by Crippen LogP contribution is -1.84. The first-order valence-electron chi connectivity index (χ1n) is 16.0. The highest BCUT2D eigenvalue weighted by molar-refractivity contribution is 6.46. The van der Waals surface area contributed by atoms with Crippen molar-refractivity contribution in [2.24, 2.45) is 0 Å². The normalized spacial score (nSPS) is 11.9. The zero-order valence-corrected chi connectivity index (χ0v) is 25.2. The molecule has 0 atom stereocenters. The Hall–Kier alpha value is -5.98. The second-order valence-electron chi connectivity index (χ2n) is 12.3.